The predicted octanol–water partition coefficient (Wildman–Crippen LogP) is 1.87. The zero-order chi connectivity index (χ0) is 13.4. The fraction of sp³-hybridized carbons (Fsp3) is 1.00. The van der Waals surface area contributed by atoms with E-state index >= 15 is 0 Å². The molecule has 4 nitrogen and oxygen atoms in total. The smallest absolute Gasteiger partial charge is 0.213 e. The van der Waals surface area contributed by atoms with E-state index in [1.54, 1.807) is 0 Å². The fourth-order valence-corrected chi connectivity index (χ4v) is 3.95. The largest absolute Gasteiger partial charge is 0.316 e. The Bertz CT molecular complexity index is 309. The minimum atomic E-state index is -3.10. The summed E-state index contributed by atoms with van der Waals surface area (Å²) >= 11 is 0. The van der Waals surface area contributed by atoms with Gasteiger partial charge in [-0.15, -0.1) is 0 Å². The molecule has 0 bridgehead atoms. The van der Waals surface area contributed by atoms with Crippen molar-refractivity contribution in [2.75, 3.05) is 18.8 Å². The first kappa shape index (κ1) is 15.9. The third kappa shape index (κ3) is 6.16. The zero-order valence-corrected chi connectivity index (χ0v) is 12.6. The highest BCUT2D eigenvalue weighted by Gasteiger charge is 2.23. The summed E-state index contributed by atoms with van der Waals surface area (Å²) in [5, 5.41) is 3.05. The first-order valence-corrected chi connectivity index (χ1v) is 8.93. The zero-order valence-electron chi connectivity index (χ0n) is 11.7. The Labute approximate surface area is 112 Å². The summed E-state index contributed by atoms with van der Waals surface area (Å²) < 4.78 is 26.5. The highest BCUT2D eigenvalue weighted by atomic mass is 32.2. The summed E-state index contributed by atoms with van der Waals surface area (Å²) in [6, 6.07) is 0.171. The van der Waals surface area contributed by atoms with E-state index in [2.05, 4.69) is 17.0 Å². The van der Waals surface area contributed by atoms with Crippen molar-refractivity contribution in [1.82, 2.24) is 10.0 Å². The normalized spacial score (nSPS) is 25.2. The van der Waals surface area contributed by atoms with E-state index in [0.29, 0.717) is 6.54 Å². The third-order valence-corrected chi connectivity index (χ3v) is 5.12. The summed E-state index contributed by atoms with van der Waals surface area (Å²) in [7, 11) is -3.10. The average molecular weight is 276 g/mol. The number of sulfonamides is 1. The second-order valence-corrected chi connectivity index (χ2v) is 7.17. The molecule has 5 heteroatoms. The Morgan fingerprint density at radius 2 is 1.78 bits per heavy atom. The van der Waals surface area contributed by atoms with Crippen molar-refractivity contribution in [2.45, 2.75) is 58.4 Å². The van der Waals surface area contributed by atoms with E-state index in [1.807, 2.05) is 6.92 Å². The molecule has 0 saturated heterocycles. The molecule has 1 aliphatic carbocycles. The Kier molecular flexibility index (Phi) is 7.19. The van der Waals surface area contributed by atoms with Crippen molar-refractivity contribution in [3.63, 3.8) is 0 Å². The SMILES string of the molecule is CCCC1CCC(NS(=O)(=O)CCNCC)CC1. The molecule has 0 aromatic heterocycles. The first-order chi connectivity index (χ1) is 8.57. The lowest BCUT2D eigenvalue weighted by Gasteiger charge is -2.28. The Hall–Kier alpha value is -0.130. The molecule has 0 aliphatic heterocycles. The van der Waals surface area contributed by atoms with Crippen LogP contribution in [-0.2, 0) is 10.0 Å². The lowest BCUT2D eigenvalue weighted by Crippen LogP contribution is -2.40. The van der Waals surface area contributed by atoms with Crippen LogP contribution in [0.15, 0.2) is 0 Å². The molecule has 1 fully saturated rings. The van der Waals surface area contributed by atoms with Gasteiger partial charge in [-0.1, -0.05) is 26.7 Å². The van der Waals surface area contributed by atoms with Crippen LogP contribution in [0.25, 0.3) is 0 Å². The lowest BCUT2D eigenvalue weighted by molar-refractivity contribution is 0.297. The summed E-state index contributed by atoms with van der Waals surface area (Å²) in [5.74, 6) is 1.01. The summed E-state index contributed by atoms with van der Waals surface area (Å²) in [5.41, 5.74) is 0. The van der Waals surface area contributed by atoms with Crippen LogP contribution >= 0.6 is 0 Å². The lowest BCUT2D eigenvalue weighted by atomic mass is 9.84. The van der Waals surface area contributed by atoms with Gasteiger partial charge in [0, 0.05) is 12.6 Å². The van der Waals surface area contributed by atoms with E-state index in [-0.39, 0.29) is 11.8 Å². The molecule has 0 spiro atoms. The molecule has 0 unspecified atom stereocenters. The van der Waals surface area contributed by atoms with Crippen molar-refractivity contribution in [3.05, 3.63) is 0 Å². The second-order valence-electron chi connectivity index (χ2n) is 5.30. The first-order valence-electron chi connectivity index (χ1n) is 7.28. The van der Waals surface area contributed by atoms with Crippen LogP contribution in [0.1, 0.15) is 52.4 Å². The number of hydrogen-bond acceptors (Lipinski definition) is 3. The molecule has 1 saturated carbocycles. The predicted molar refractivity (Wildman–Crippen MR) is 76.1 cm³/mol. The summed E-state index contributed by atoms with van der Waals surface area (Å²) in [6.45, 7) is 5.55. The minimum Gasteiger partial charge on any atom is -0.316 e. The highest BCUT2D eigenvalue weighted by molar-refractivity contribution is 7.89. The Balaban J connectivity index is 2.27. The van der Waals surface area contributed by atoms with Crippen LogP contribution in [0.4, 0.5) is 0 Å². The maximum Gasteiger partial charge on any atom is 0.213 e. The molecule has 0 radical (unpaired) electrons. The number of rotatable bonds is 8. The van der Waals surface area contributed by atoms with E-state index in [9.17, 15) is 8.42 Å². The van der Waals surface area contributed by atoms with Crippen molar-refractivity contribution >= 4 is 10.0 Å². The molecule has 1 aliphatic rings. The monoisotopic (exact) mass is 276 g/mol. The topological polar surface area (TPSA) is 58.2 Å². The molecule has 0 aromatic carbocycles. The number of nitrogens with one attached hydrogen (secondary N) is 2. The van der Waals surface area contributed by atoms with Crippen LogP contribution < -0.4 is 10.0 Å². The van der Waals surface area contributed by atoms with Gasteiger partial charge in [0.2, 0.25) is 10.0 Å². The molecule has 0 atom stereocenters. The van der Waals surface area contributed by atoms with Gasteiger partial charge in [-0.05, 0) is 38.1 Å². The molecular formula is C13H28N2O2S. The van der Waals surface area contributed by atoms with Gasteiger partial charge in [0.15, 0.2) is 0 Å². The van der Waals surface area contributed by atoms with Crippen molar-refractivity contribution < 1.29 is 8.42 Å². The molecule has 0 aromatic rings. The van der Waals surface area contributed by atoms with Gasteiger partial charge in [-0.2, -0.15) is 0 Å². The van der Waals surface area contributed by atoms with Crippen molar-refractivity contribution in [3.8, 4) is 0 Å². The average Bonchev–Trinajstić information content (AvgIpc) is 2.32. The second kappa shape index (κ2) is 8.12. The molecule has 18 heavy (non-hydrogen) atoms. The molecular weight excluding hydrogens is 248 g/mol. The molecule has 2 N–H and O–H groups in total. The Morgan fingerprint density at radius 1 is 1.11 bits per heavy atom. The quantitative estimate of drug-likeness (QED) is 0.665. The van der Waals surface area contributed by atoms with E-state index in [0.717, 1.165) is 25.3 Å². The van der Waals surface area contributed by atoms with Crippen molar-refractivity contribution in [1.29, 1.82) is 0 Å². The van der Waals surface area contributed by atoms with Gasteiger partial charge in [-0.25, -0.2) is 13.1 Å². The summed E-state index contributed by atoms with van der Waals surface area (Å²) in [6.07, 6.45) is 6.89. The molecule has 1 rings (SSSR count). The van der Waals surface area contributed by atoms with Gasteiger partial charge >= 0.3 is 0 Å². The van der Waals surface area contributed by atoms with Crippen molar-refractivity contribution in [2.24, 2.45) is 5.92 Å². The standard InChI is InChI=1S/C13H28N2O2S/c1-3-5-12-6-8-13(9-7-12)15-18(16,17)11-10-14-4-2/h12-15H,3-11H2,1-2H3. The highest BCUT2D eigenvalue weighted by Crippen LogP contribution is 2.27. The molecule has 0 amide bonds. The van der Waals surface area contributed by atoms with E-state index < -0.39 is 10.0 Å². The molecule has 108 valence electrons. The maximum absolute atomic E-state index is 11.8. The van der Waals surface area contributed by atoms with Gasteiger partial charge in [0.25, 0.3) is 0 Å². The molecule has 0 heterocycles. The minimum absolute atomic E-state index is 0.171. The van der Waals surface area contributed by atoms with Crippen LogP contribution in [0, 0.1) is 5.92 Å². The van der Waals surface area contributed by atoms with Crippen LogP contribution in [0.3, 0.4) is 0 Å². The van der Waals surface area contributed by atoms with Crippen LogP contribution in [-0.4, -0.2) is 33.3 Å². The maximum atomic E-state index is 11.8. The van der Waals surface area contributed by atoms with Gasteiger partial charge in [0.1, 0.15) is 0 Å². The van der Waals surface area contributed by atoms with Gasteiger partial charge < -0.3 is 5.32 Å². The number of hydrogen-bond donors (Lipinski definition) is 2. The van der Waals surface area contributed by atoms with E-state index in [4.69, 9.17) is 0 Å². The van der Waals surface area contributed by atoms with Gasteiger partial charge in [-0.3, -0.25) is 0 Å². The third-order valence-electron chi connectivity index (χ3n) is 3.69. The van der Waals surface area contributed by atoms with Crippen LogP contribution in [0.2, 0.25) is 0 Å². The Morgan fingerprint density at radius 3 is 2.33 bits per heavy atom. The fourth-order valence-electron chi connectivity index (χ4n) is 2.67. The van der Waals surface area contributed by atoms with E-state index in [1.165, 1.54) is 25.7 Å². The van der Waals surface area contributed by atoms with Gasteiger partial charge in [0.05, 0.1) is 5.75 Å². The van der Waals surface area contributed by atoms with Crippen LogP contribution in [0.5, 0.6) is 0 Å². The summed E-state index contributed by atoms with van der Waals surface area (Å²) in [4.78, 5) is 0.